The quantitative estimate of drug-likeness (QED) is 0.632. The van der Waals surface area contributed by atoms with Crippen LogP contribution >= 0.6 is 11.6 Å². The Kier molecular flexibility index (Phi) is 4.89. The van der Waals surface area contributed by atoms with Crippen molar-refractivity contribution in [3.8, 4) is 0 Å². The predicted molar refractivity (Wildman–Crippen MR) is 106 cm³/mol. The molecule has 1 aliphatic heterocycles. The average molecular weight is 387 g/mol. The van der Waals surface area contributed by atoms with Gasteiger partial charge in [0.2, 0.25) is 0 Å². The van der Waals surface area contributed by atoms with E-state index in [1.54, 1.807) is 12.1 Å². The molecule has 4 nitrogen and oxygen atoms in total. The second-order valence-electron chi connectivity index (χ2n) is 6.90. The minimum absolute atomic E-state index is 0.192. The van der Waals surface area contributed by atoms with E-state index in [1.807, 2.05) is 25.1 Å². The Bertz CT molecular complexity index is 1040. The molecule has 4 rings (SSSR count). The van der Waals surface area contributed by atoms with E-state index >= 15 is 0 Å². The molecule has 0 atom stereocenters. The maximum Gasteiger partial charge on any atom is 0.336 e. The maximum atomic E-state index is 14.0. The molecule has 1 aromatic heterocycles. The van der Waals surface area contributed by atoms with Gasteiger partial charge in [-0.1, -0.05) is 23.7 Å². The van der Waals surface area contributed by atoms with Crippen molar-refractivity contribution in [2.45, 2.75) is 13.5 Å². The van der Waals surface area contributed by atoms with Gasteiger partial charge >= 0.3 is 5.63 Å². The van der Waals surface area contributed by atoms with Crippen LogP contribution in [-0.2, 0) is 6.54 Å². The van der Waals surface area contributed by atoms with Gasteiger partial charge in [0.05, 0.1) is 5.69 Å². The van der Waals surface area contributed by atoms with Crippen molar-refractivity contribution < 1.29 is 8.81 Å². The lowest BCUT2D eigenvalue weighted by molar-refractivity contribution is 0.249. The Balaban J connectivity index is 1.53. The number of para-hydroxylation sites is 1. The second-order valence-corrected chi connectivity index (χ2v) is 7.31. The lowest BCUT2D eigenvalue weighted by Crippen LogP contribution is -2.46. The topological polar surface area (TPSA) is 36.7 Å². The van der Waals surface area contributed by atoms with Crippen molar-refractivity contribution >= 4 is 28.3 Å². The van der Waals surface area contributed by atoms with Crippen LogP contribution in [0.1, 0.15) is 11.1 Å². The van der Waals surface area contributed by atoms with Crippen LogP contribution in [0.4, 0.5) is 10.1 Å². The van der Waals surface area contributed by atoms with Gasteiger partial charge in [0.1, 0.15) is 11.4 Å². The van der Waals surface area contributed by atoms with Gasteiger partial charge in [-0.25, -0.2) is 9.18 Å². The molecule has 0 amide bonds. The molecule has 6 heteroatoms. The molecule has 1 aliphatic rings. The molecule has 0 radical (unpaired) electrons. The van der Waals surface area contributed by atoms with Gasteiger partial charge in [-0.05, 0) is 42.3 Å². The highest BCUT2D eigenvalue weighted by Crippen LogP contribution is 2.26. The number of piperazine rings is 1. The SMILES string of the molecule is Cc1cc2oc(=O)cc(CN3CCN(c4ccccc4F)CC3)c2cc1Cl. The number of rotatable bonds is 3. The van der Waals surface area contributed by atoms with E-state index in [2.05, 4.69) is 9.80 Å². The van der Waals surface area contributed by atoms with Crippen LogP contribution in [0.25, 0.3) is 11.0 Å². The summed E-state index contributed by atoms with van der Waals surface area (Å²) in [5.74, 6) is -0.192. The molecule has 27 heavy (non-hydrogen) atoms. The standard InChI is InChI=1S/C21H20ClFN2O2/c1-14-10-20-16(12-17(14)22)15(11-21(26)27-20)13-24-6-8-25(9-7-24)19-5-3-2-4-18(19)23/h2-5,10-12H,6-9,13H2,1H3. The highest BCUT2D eigenvalue weighted by Gasteiger charge is 2.20. The molecular weight excluding hydrogens is 367 g/mol. The van der Waals surface area contributed by atoms with Gasteiger partial charge in [0.15, 0.2) is 0 Å². The molecule has 0 spiro atoms. The minimum Gasteiger partial charge on any atom is -0.423 e. The fraction of sp³-hybridized carbons (Fsp3) is 0.286. The zero-order valence-corrected chi connectivity index (χ0v) is 15.8. The molecule has 3 aromatic rings. The van der Waals surface area contributed by atoms with Crippen LogP contribution in [0.2, 0.25) is 5.02 Å². The molecular formula is C21H20ClFN2O2. The highest BCUT2D eigenvalue weighted by atomic mass is 35.5. The third kappa shape index (κ3) is 3.70. The van der Waals surface area contributed by atoms with E-state index in [-0.39, 0.29) is 11.4 Å². The van der Waals surface area contributed by atoms with Crippen LogP contribution in [0.3, 0.4) is 0 Å². The Morgan fingerprint density at radius 1 is 1.11 bits per heavy atom. The van der Waals surface area contributed by atoms with Crippen molar-refractivity contribution in [1.29, 1.82) is 0 Å². The number of nitrogens with zero attached hydrogens (tertiary/aromatic N) is 2. The van der Waals surface area contributed by atoms with Crippen LogP contribution in [0.15, 0.2) is 51.7 Å². The molecule has 2 heterocycles. The summed E-state index contributed by atoms with van der Waals surface area (Å²) in [6.45, 7) is 5.56. The molecule has 0 aliphatic carbocycles. The lowest BCUT2D eigenvalue weighted by atomic mass is 10.1. The van der Waals surface area contributed by atoms with E-state index in [1.165, 1.54) is 12.1 Å². The predicted octanol–water partition coefficient (Wildman–Crippen LogP) is 4.22. The van der Waals surface area contributed by atoms with Crippen molar-refractivity contribution in [1.82, 2.24) is 4.90 Å². The van der Waals surface area contributed by atoms with Gasteiger partial charge in [0.25, 0.3) is 0 Å². The second kappa shape index (κ2) is 7.33. The van der Waals surface area contributed by atoms with E-state index < -0.39 is 0 Å². The fourth-order valence-corrected chi connectivity index (χ4v) is 3.74. The van der Waals surface area contributed by atoms with Crippen molar-refractivity contribution in [2.24, 2.45) is 0 Å². The number of fused-ring (bicyclic) bond motifs is 1. The summed E-state index contributed by atoms with van der Waals surface area (Å²) < 4.78 is 19.3. The molecule has 0 unspecified atom stereocenters. The molecule has 140 valence electrons. The van der Waals surface area contributed by atoms with Gasteiger partial charge < -0.3 is 9.32 Å². The number of halogens is 2. The maximum absolute atomic E-state index is 14.0. The first-order chi connectivity index (χ1) is 13.0. The average Bonchev–Trinajstić information content (AvgIpc) is 2.64. The van der Waals surface area contributed by atoms with Crippen molar-refractivity contribution in [3.05, 3.63) is 74.9 Å². The number of hydrogen-bond acceptors (Lipinski definition) is 4. The number of benzene rings is 2. The van der Waals surface area contributed by atoms with Gasteiger partial charge in [0, 0.05) is 49.2 Å². The Morgan fingerprint density at radius 2 is 1.85 bits per heavy atom. The summed E-state index contributed by atoms with van der Waals surface area (Å²) in [6.07, 6.45) is 0. The first-order valence-corrected chi connectivity index (χ1v) is 9.34. The Hall–Kier alpha value is -2.37. The number of anilines is 1. The van der Waals surface area contributed by atoms with Crippen LogP contribution in [0, 0.1) is 12.7 Å². The normalized spacial score (nSPS) is 15.4. The lowest BCUT2D eigenvalue weighted by Gasteiger charge is -2.36. The molecule has 0 N–H and O–H groups in total. The van der Waals surface area contributed by atoms with Crippen molar-refractivity contribution in [2.75, 3.05) is 31.1 Å². The van der Waals surface area contributed by atoms with E-state index in [0.29, 0.717) is 22.8 Å². The van der Waals surface area contributed by atoms with Gasteiger partial charge in [-0.15, -0.1) is 0 Å². The van der Waals surface area contributed by atoms with E-state index in [0.717, 1.165) is 42.7 Å². The molecule has 0 saturated carbocycles. The zero-order valence-electron chi connectivity index (χ0n) is 15.0. The smallest absolute Gasteiger partial charge is 0.336 e. The van der Waals surface area contributed by atoms with Crippen LogP contribution in [0.5, 0.6) is 0 Å². The van der Waals surface area contributed by atoms with Gasteiger partial charge in [-0.3, -0.25) is 4.90 Å². The van der Waals surface area contributed by atoms with E-state index in [9.17, 15) is 9.18 Å². The van der Waals surface area contributed by atoms with Crippen LogP contribution < -0.4 is 10.5 Å². The first kappa shape index (κ1) is 18.0. The fourth-order valence-electron chi connectivity index (χ4n) is 3.58. The first-order valence-electron chi connectivity index (χ1n) is 8.96. The van der Waals surface area contributed by atoms with Gasteiger partial charge in [-0.2, -0.15) is 0 Å². The molecule has 1 saturated heterocycles. The largest absolute Gasteiger partial charge is 0.423 e. The molecule has 2 aromatic carbocycles. The van der Waals surface area contributed by atoms with E-state index in [4.69, 9.17) is 16.0 Å². The number of hydrogen-bond donors (Lipinski definition) is 0. The third-order valence-corrected chi connectivity index (χ3v) is 5.48. The highest BCUT2D eigenvalue weighted by molar-refractivity contribution is 6.32. The molecule has 0 bridgehead atoms. The minimum atomic E-state index is -0.357. The summed E-state index contributed by atoms with van der Waals surface area (Å²) in [5, 5.41) is 1.52. The summed E-state index contributed by atoms with van der Waals surface area (Å²) in [6, 6.07) is 12.1. The summed E-state index contributed by atoms with van der Waals surface area (Å²) in [4.78, 5) is 16.3. The monoisotopic (exact) mass is 386 g/mol. The summed E-state index contributed by atoms with van der Waals surface area (Å²) in [7, 11) is 0. The Labute approximate surface area is 161 Å². The van der Waals surface area contributed by atoms with Crippen molar-refractivity contribution in [3.63, 3.8) is 0 Å². The third-order valence-electron chi connectivity index (χ3n) is 5.07. The number of aryl methyl sites for hydroxylation is 1. The Morgan fingerprint density at radius 3 is 2.59 bits per heavy atom. The molecule has 1 fully saturated rings. The summed E-state index contributed by atoms with van der Waals surface area (Å²) >= 11 is 6.27. The van der Waals surface area contributed by atoms with Crippen LogP contribution in [-0.4, -0.2) is 31.1 Å². The summed E-state index contributed by atoms with van der Waals surface area (Å²) in [5.41, 5.74) is 2.63. The zero-order chi connectivity index (χ0) is 19.0.